The molecule has 0 fully saturated rings. The maximum absolute atomic E-state index is 13.2. The average molecular weight is 418 g/mol. The smallest absolute Gasteiger partial charge is 0.269 e. The van der Waals surface area contributed by atoms with Crippen LogP contribution in [-0.4, -0.2) is 28.8 Å². The van der Waals surface area contributed by atoms with Gasteiger partial charge in [0.2, 0.25) is 0 Å². The maximum atomic E-state index is 13.2. The van der Waals surface area contributed by atoms with E-state index in [0.29, 0.717) is 5.65 Å². The van der Waals surface area contributed by atoms with Crippen LogP contribution in [0.4, 0.5) is 0 Å². The summed E-state index contributed by atoms with van der Waals surface area (Å²) in [5.74, 6) is 0. The van der Waals surface area contributed by atoms with E-state index in [4.69, 9.17) is 0 Å². The van der Waals surface area contributed by atoms with Crippen LogP contribution in [0.25, 0.3) is 11.0 Å². The summed E-state index contributed by atoms with van der Waals surface area (Å²) in [6, 6.07) is 19.3. The molecule has 1 aliphatic heterocycles. The van der Waals surface area contributed by atoms with E-state index in [1.54, 1.807) is 18.3 Å². The van der Waals surface area contributed by atoms with Gasteiger partial charge in [-0.15, -0.1) is 0 Å². The summed E-state index contributed by atoms with van der Waals surface area (Å²) in [5, 5.41) is 0.933. The minimum Gasteiger partial charge on any atom is -0.294 e. The van der Waals surface area contributed by atoms with E-state index in [0.717, 1.165) is 37.0 Å². The van der Waals surface area contributed by atoms with E-state index in [-0.39, 0.29) is 4.90 Å². The van der Waals surface area contributed by atoms with Gasteiger partial charge in [-0.2, -0.15) is 0 Å². The molecule has 0 amide bonds. The van der Waals surface area contributed by atoms with Crippen LogP contribution in [0.5, 0.6) is 0 Å². The number of hydrogen-bond donors (Lipinski definition) is 0. The number of fused-ring (bicyclic) bond motifs is 3. The third-order valence-electron chi connectivity index (χ3n) is 5.78. The standard InChI is InChI=1S/C24H23N3O2S/c1-18-7-9-21(10-8-18)30(28,29)27-14-12-23-22-11-13-26(16-19-5-3-2-4-6-19)17-20(22)15-25-24(23)27/h2-10,12,14-15H,11,13,16-17H2,1H3. The van der Waals surface area contributed by atoms with Gasteiger partial charge in [0.1, 0.15) is 0 Å². The summed E-state index contributed by atoms with van der Waals surface area (Å²) in [6.07, 6.45) is 4.36. The number of rotatable bonds is 4. The fraction of sp³-hybridized carbons (Fsp3) is 0.208. The largest absolute Gasteiger partial charge is 0.294 e. The summed E-state index contributed by atoms with van der Waals surface area (Å²) in [7, 11) is -3.67. The van der Waals surface area contributed by atoms with Crippen LogP contribution in [0.15, 0.2) is 78.0 Å². The maximum Gasteiger partial charge on any atom is 0.269 e. The normalized spacial score (nSPS) is 14.7. The molecule has 0 radical (unpaired) electrons. The van der Waals surface area contributed by atoms with Gasteiger partial charge in [-0.25, -0.2) is 17.4 Å². The van der Waals surface area contributed by atoms with Gasteiger partial charge in [0, 0.05) is 37.4 Å². The first-order chi connectivity index (χ1) is 14.5. The summed E-state index contributed by atoms with van der Waals surface area (Å²) >= 11 is 0. The van der Waals surface area contributed by atoms with Crippen molar-refractivity contribution in [3.63, 3.8) is 0 Å². The summed E-state index contributed by atoms with van der Waals surface area (Å²) in [4.78, 5) is 7.25. The molecule has 5 nitrogen and oxygen atoms in total. The lowest BCUT2D eigenvalue weighted by Crippen LogP contribution is -2.30. The molecule has 5 rings (SSSR count). The number of aryl methyl sites for hydroxylation is 1. The van der Waals surface area contributed by atoms with Crippen molar-refractivity contribution in [3.8, 4) is 0 Å². The lowest BCUT2D eigenvalue weighted by Gasteiger charge is -2.29. The minimum absolute atomic E-state index is 0.277. The monoisotopic (exact) mass is 417 g/mol. The van der Waals surface area contributed by atoms with E-state index in [1.165, 1.54) is 20.7 Å². The van der Waals surface area contributed by atoms with Gasteiger partial charge in [-0.05, 0) is 48.2 Å². The summed E-state index contributed by atoms with van der Waals surface area (Å²) in [5.41, 5.74) is 5.21. The first kappa shape index (κ1) is 19.0. The molecule has 6 heteroatoms. The Kier molecular flexibility index (Phi) is 4.68. The van der Waals surface area contributed by atoms with E-state index >= 15 is 0 Å². The van der Waals surface area contributed by atoms with Crippen LogP contribution in [0.2, 0.25) is 0 Å². The van der Waals surface area contributed by atoms with Gasteiger partial charge in [0.15, 0.2) is 5.65 Å². The predicted octanol–water partition coefficient (Wildman–Crippen LogP) is 4.14. The zero-order chi connectivity index (χ0) is 20.7. The topological polar surface area (TPSA) is 55.2 Å². The number of benzene rings is 2. The molecule has 0 unspecified atom stereocenters. The fourth-order valence-electron chi connectivity index (χ4n) is 4.17. The van der Waals surface area contributed by atoms with Crippen molar-refractivity contribution in [1.82, 2.24) is 13.9 Å². The second kappa shape index (κ2) is 7.38. The highest BCUT2D eigenvalue weighted by Crippen LogP contribution is 2.29. The molecule has 4 aromatic rings. The molecule has 152 valence electrons. The number of hydrogen-bond acceptors (Lipinski definition) is 4. The first-order valence-electron chi connectivity index (χ1n) is 10.1. The second-order valence-corrected chi connectivity index (χ2v) is 9.69. The number of pyridine rings is 1. The second-order valence-electron chi connectivity index (χ2n) is 7.88. The molecule has 2 aromatic heterocycles. The molecule has 0 saturated carbocycles. The molecule has 1 aliphatic rings. The lowest BCUT2D eigenvalue weighted by molar-refractivity contribution is 0.246. The highest BCUT2D eigenvalue weighted by molar-refractivity contribution is 7.90. The molecule has 0 bridgehead atoms. The minimum atomic E-state index is -3.67. The molecule has 0 N–H and O–H groups in total. The Labute approximate surface area is 176 Å². The van der Waals surface area contributed by atoms with E-state index in [9.17, 15) is 8.42 Å². The van der Waals surface area contributed by atoms with Crippen LogP contribution in [0.3, 0.4) is 0 Å². The Bertz CT molecular complexity index is 1310. The third kappa shape index (κ3) is 3.32. The molecule has 30 heavy (non-hydrogen) atoms. The van der Waals surface area contributed by atoms with Crippen LogP contribution >= 0.6 is 0 Å². The van der Waals surface area contributed by atoms with Gasteiger partial charge in [0.25, 0.3) is 10.0 Å². The van der Waals surface area contributed by atoms with E-state index in [1.807, 2.05) is 37.4 Å². The quantitative estimate of drug-likeness (QED) is 0.501. The van der Waals surface area contributed by atoms with Crippen molar-refractivity contribution in [2.75, 3.05) is 6.54 Å². The van der Waals surface area contributed by atoms with Crippen molar-refractivity contribution in [2.45, 2.75) is 31.3 Å². The Hall–Kier alpha value is -2.96. The van der Waals surface area contributed by atoms with Gasteiger partial charge in [0.05, 0.1) is 4.90 Å². The Morgan fingerprint density at radius 3 is 2.53 bits per heavy atom. The van der Waals surface area contributed by atoms with Crippen molar-refractivity contribution < 1.29 is 8.42 Å². The molecule has 0 saturated heterocycles. The highest BCUT2D eigenvalue weighted by atomic mass is 32.2. The molecule has 0 spiro atoms. The zero-order valence-corrected chi connectivity index (χ0v) is 17.6. The summed E-state index contributed by atoms with van der Waals surface area (Å²) < 4.78 is 27.6. The van der Waals surface area contributed by atoms with Crippen molar-refractivity contribution in [2.24, 2.45) is 0 Å². The SMILES string of the molecule is Cc1ccc(S(=O)(=O)n2ccc3c4c(cnc32)CN(Cc2ccccc2)CC4)cc1. The molecule has 3 heterocycles. The fourth-order valence-corrected chi connectivity index (χ4v) is 5.48. The molecular weight excluding hydrogens is 394 g/mol. The molecule has 0 aliphatic carbocycles. The Balaban J connectivity index is 1.48. The highest BCUT2D eigenvalue weighted by Gasteiger charge is 2.24. The number of nitrogens with zero attached hydrogens (tertiary/aromatic N) is 3. The third-order valence-corrected chi connectivity index (χ3v) is 7.46. The van der Waals surface area contributed by atoms with Crippen molar-refractivity contribution in [3.05, 3.63) is 95.3 Å². The Morgan fingerprint density at radius 1 is 1.00 bits per heavy atom. The van der Waals surface area contributed by atoms with Crippen molar-refractivity contribution in [1.29, 1.82) is 0 Å². The van der Waals surface area contributed by atoms with Gasteiger partial charge in [-0.3, -0.25) is 4.90 Å². The predicted molar refractivity (Wildman–Crippen MR) is 118 cm³/mol. The number of aromatic nitrogens is 2. The van der Waals surface area contributed by atoms with Gasteiger partial charge in [-0.1, -0.05) is 48.0 Å². The first-order valence-corrected chi connectivity index (χ1v) is 11.5. The van der Waals surface area contributed by atoms with Crippen molar-refractivity contribution >= 4 is 21.1 Å². The van der Waals surface area contributed by atoms with Gasteiger partial charge < -0.3 is 0 Å². The van der Waals surface area contributed by atoms with E-state index in [2.05, 4.69) is 34.1 Å². The van der Waals surface area contributed by atoms with Crippen LogP contribution < -0.4 is 0 Å². The molecule has 2 aromatic carbocycles. The van der Waals surface area contributed by atoms with Gasteiger partial charge >= 0.3 is 0 Å². The van der Waals surface area contributed by atoms with E-state index < -0.39 is 10.0 Å². The Morgan fingerprint density at radius 2 is 1.77 bits per heavy atom. The molecular formula is C24H23N3O2S. The molecule has 0 atom stereocenters. The van der Waals surface area contributed by atoms with Crippen LogP contribution in [-0.2, 0) is 29.5 Å². The lowest BCUT2D eigenvalue weighted by atomic mass is 9.98. The van der Waals surface area contributed by atoms with Crippen LogP contribution in [0.1, 0.15) is 22.3 Å². The summed E-state index contributed by atoms with van der Waals surface area (Å²) in [6.45, 7) is 4.61. The average Bonchev–Trinajstić information content (AvgIpc) is 3.20. The zero-order valence-electron chi connectivity index (χ0n) is 16.8. The van der Waals surface area contributed by atoms with Crippen LogP contribution in [0, 0.1) is 6.92 Å².